The zero-order chi connectivity index (χ0) is 35.3. The Morgan fingerprint density at radius 3 is 2.05 bits per heavy atom. The number of fused-ring (bicyclic) bond motifs is 1. The Labute approximate surface area is 344 Å². The number of Topliss-reactive ketones (excluding diaryl/α,β-unsaturated/α-hetero) is 1. The van der Waals surface area contributed by atoms with E-state index in [0.717, 1.165) is 64.2 Å². The van der Waals surface area contributed by atoms with E-state index in [-0.39, 0.29) is 92.1 Å². The molecule has 4 aliphatic rings. The predicted octanol–water partition coefficient (Wildman–Crippen LogP) is 5.22. The van der Waals surface area contributed by atoms with Crippen LogP contribution in [0.5, 0.6) is 0 Å². The summed E-state index contributed by atoms with van der Waals surface area (Å²) >= 11 is 0. The lowest BCUT2D eigenvalue weighted by atomic mass is 9.82. The number of ketones is 1. The van der Waals surface area contributed by atoms with E-state index in [1.54, 1.807) is 4.90 Å². The van der Waals surface area contributed by atoms with Gasteiger partial charge in [-0.1, -0.05) is 89.5 Å². The van der Waals surface area contributed by atoms with Crippen molar-refractivity contribution in [3.8, 4) is 0 Å². The van der Waals surface area contributed by atoms with Gasteiger partial charge >= 0.3 is 0 Å². The highest BCUT2D eigenvalue weighted by molar-refractivity contribution is 7.59. The van der Waals surface area contributed by atoms with Crippen molar-refractivity contribution in [3.63, 3.8) is 0 Å². The van der Waals surface area contributed by atoms with Gasteiger partial charge in [0.2, 0.25) is 23.5 Å². The molecular weight excluding hydrogens is 739 g/mol. The molecule has 15 heteroatoms. The van der Waals surface area contributed by atoms with Crippen molar-refractivity contribution in [2.45, 2.75) is 165 Å². The quantitative estimate of drug-likeness (QED) is 0.196. The fourth-order valence-corrected chi connectivity index (χ4v) is 7.87. The van der Waals surface area contributed by atoms with Gasteiger partial charge in [0.15, 0.2) is 0 Å². The maximum absolute atomic E-state index is 14.6. The third-order valence-electron chi connectivity index (χ3n) is 10.7. The van der Waals surface area contributed by atoms with Gasteiger partial charge in [-0.2, -0.15) is 27.0 Å². The van der Waals surface area contributed by atoms with Crippen molar-refractivity contribution in [2.24, 2.45) is 23.2 Å². The number of nitrogens with zero attached hydrogens (tertiary/aromatic N) is 3. The highest BCUT2D eigenvalue weighted by atomic mass is 32.1. The van der Waals surface area contributed by atoms with Crippen molar-refractivity contribution >= 4 is 62.3 Å². The number of amides is 5. The lowest BCUT2D eigenvalue weighted by Crippen LogP contribution is -2.62. The molecule has 1 aromatic rings. The van der Waals surface area contributed by atoms with Crippen LogP contribution in [0.3, 0.4) is 0 Å². The zero-order valence-corrected chi connectivity index (χ0v) is 32.3. The molecule has 0 bridgehead atoms. The molecule has 13 nitrogen and oxygen atoms in total. The van der Waals surface area contributed by atoms with Gasteiger partial charge in [0.25, 0.3) is 11.8 Å². The Hall–Kier alpha value is -3.20. The van der Waals surface area contributed by atoms with Crippen molar-refractivity contribution in [1.29, 1.82) is 0 Å². The van der Waals surface area contributed by atoms with E-state index in [0.29, 0.717) is 19.4 Å². The third kappa shape index (κ3) is 13.5. The van der Waals surface area contributed by atoms with E-state index in [1.165, 1.54) is 18.6 Å². The molecule has 4 N–H and O–H groups in total. The van der Waals surface area contributed by atoms with Crippen molar-refractivity contribution in [3.05, 3.63) is 24.3 Å². The molecule has 3 aliphatic carbocycles. The van der Waals surface area contributed by atoms with Crippen molar-refractivity contribution in [1.82, 2.24) is 36.1 Å². The normalized spacial score (nSPS) is 21.6. The van der Waals surface area contributed by atoms with E-state index < -0.39 is 59.0 Å². The van der Waals surface area contributed by atoms with Crippen LogP contribution in [0.4, 0.5) is 0 Å². The Morgan fingerprint density at radius 2 is 1.49 bits per heavy atom. The second kappa shape index (κ2) is 23.8. The maximum atomic E-state index is 14.6. The summed E-state index contributed by atoms with van der Waals surface area (Å²) in [5, 5.41) is 11.5. The summed E-state index contributed by atoms with van der Waals surface area (Å²) in [6.07, 6.45) is 13.9. The van der Waals surface area contributed by atoms with Crippen LogP contribution in [0.25, 0.3) is 0 Å². The lowest BCUT2D eigenvalue weighted by Gasteiger charge is -2.38. The van der Waals surface area contributed by atoms with Crippen LogP contribution in [-0.4, -0.2) is 86.9 Å². The summed E-state index contributed by atoms with van der Waals surface area (Å²) in [6.45, 7) is 7.85. The van der Waals surface area contributed by atoms with Crippen LogP contribution in [0, 0.1) is 23.2 Å². The Balaban J connectivity index is 0. The van der Waals surface area contributed by atoms with E-state index in [4.69, 9.17) is 0 Å². The van der Waals surface area contributed by atoms with Gasteiger partial charge < -0.3 is 26.2 Å². The number of hydrogen-bond donors (Lipinski definition) is 4. The first-order chi connectivity index (χ1) is 23.4. The first-order valence-electron chi connectivity index (χ1n) is 18.2. The van der Waals surface area contributed by atoms with E-state index in [2.05, 4.69) is 31.2 Å². The van der Waals surface area contributed by atoms with Gasteiger partial charge in [0.05, 0.1) is 12.2 Å². The summed E-state index contributed by atoms with van der Waals surface area (Å²) in [5.74, 6) is -3.20. The van der Waals surface area contributed by atoms with Gasteiger partial charge in [0.1, 0.15) is 23.8 Å². The summed E-state index contributed by atoms with van der Waals surface area (Å²) in [6, 6.07) is -3.68. The number of likely N-dealkylation sites (tertiary alicyclic amines) is 1. The van der Waals surface area contributed by atoms with Crippen LogP contribution in [0.1, 0.15) is 145 Å². The summed E-state index contributed by atoms with van der Waals surface area (Å²) in [4.78, 5) is 91.4. The number of carbonyl (C=O) groups excluding carboxylic acids is 6. The third-order valence-corrected chi connectivity index (χ3v) is 10.7. The fraction of sp³-hybridized carbons (Fsp3) is 0.750. The molecule has 5 amide bonds. The zero-order valence-electron chi connectivity index (χ0n) is 30.3. The second-order valence-electron chi connectivity index (χ2n) is 15.5. The minimum Gasteiger partial charge on any atom is -0.347 e. The summed E-state index contributed by atoms with van der Waals surface area (Å²) < 4.78 is 0. The standard InChI is InChI=1S/C36H53N7O6.4CH4.2H2S/c1-5-10-25(29(44)34(48)39-23-15-16-23)40-33(47)28-24-14-9-13-22(24)20-43(28)35(49)30(36(2,3)4)42-32(46)27(21-11-7-6-8-12-21)41-31(45)26-19-37-17-18-38-26;;;;;;/h17-19,21-25,27-28,30H,5-16,20H2,1-4H3,(H,39,48)(H,40,47)(H,41,45)(H,42,46);4*1H4;2*1H2/t22-,24+,25-,27-,28?,30+;;;;;;/m1....../s1. The molecule has 4 fully saturated rings. The maximum Gasteiger partial charge on any atom is 0.289 e. The summed E-state index contributed by atoms with van der Waals surface area (Å²) in [7, 11) is 0. The van der Waals surface area contributed by atoms with Crippen LogP contribution >= 0.6 is 27.0 Å². The number of hydrogen-bond acceptors (Lipinski definition) is 8. The number of nitrogens with one attached hydrogen (secondary N) is 4. The summed E-state index contributed by atoms with van der Waals surface area (Å²) in [5.41, 5.74) is -0.638. The Kier molecular flexibility index (Phi) is 23.3. The van der Waals surface area contributed by atoms with Crippen LogP contribution < -0.4 is 21.3 Å². The van der Waals surface area contributed by atoms with Gasteiger partial charge in [-0.3, -0.25) is 33.8 Å². The molecule has 3 saturated carbocycles. The van der Waals surface area contributed by atoms with E-state index in [9.17, 15) is 28.8 Å². The minimum atomic E-state index is -0.994. The topological polar surface area (TPSA) is 180 Å². The Morgan fingerprint density at radius 1 is 0.836 bits per heavy atom. The van der Waals surface area contributed by atoms with Crippen LogP contribution in [0.2, 0.25) is 0 Å². The molecule has 6 atom stereocenters. The molecular formula is C40H73N7O6S2. The first-order valence-corrected chi connectivity index (χ1v) is 18.2. The van der Waals surface area contributed by atoms with Crippen LogP contribution in [0.15, 0.2) is 18.6 Å². The molecule has 5 rings (SSSR count). The SMILES string of the molecule is C.C.C.C.CCC[C@@H](NC(=O)C1[C@H]2CCC[C@@H]2CN1C(=O)[C@H](NC(=O)[C@H](NC(=O)c1cnccn1)C1CCCCC1)C(C)(C)C)C(=O)C(=O)NC1CC1.S.S. The molecule has 316 valence electrons. The van der Waals surface area contributed by atoms with E-state index in [1.807, 2.05) is 27.7 Å². The monoisotopic (exact) mass is 812 g/mol. The largest absolute Gasteiger partial charge is 0.347 e. The van der Waals surface area contributed by atoms with Gasteiger partial charge in [-0.25, -0.2) is 4.98 Å². The average molecular weight is 812 g/mol. The molecule has 1 aliphatic heterocycles. The predicted molar refractivity (Wildman–Crippen MR) is 228 cm³/mol. The van der Waals surface area contributed by atoms with Crippen molar-refractivity contribution in [2.75, 3.05) is 6.54 Å². The average Bonchev–Trinajstić information content (AvgIpc) is 3.65. The molecule has 2 heterocycles. The lowest BCUT2D eigenvalue weighted by molar-refractivity contribution is -0.146. The molecule has 0 aromatic carbocycles. The smallest absolute Gasteiger partial charge is 0.289 e. The molecule has 1 aromatic heterocycles. The highest BCUT2D eigenvalue weighted by Gasteiger charge is 2.52. The molecule has 0 spiro atoms. The van der Waals surface area contributed by atoms with Gasteiger partial charge in [-0.15, -0.1) is 0 Å². The number of carbonyl (C=O) groups is 6. The molecule has 1 unspecified atom stereocenters. The minimum absolute atomic E-state index is 0. The number of rotatable bonds is 13. The van der Waals surface area contributed by atoms with Crippen LogP contribution in [-0.2, 0) is 24.0 Å². The second-order valence-corrected chi connectivity index (χ2v) is 15.5. The molecule has 0 radical (unpaired) electrons. The van der Waals surface area contributed by atoms with Crippen molar-refractivity contribution < 1.29 is 28.8 Å². The molecule has 55 heavy (non-hydrogen) atoms. The van der Waals surface area contributed by atoms with Gasteiger partial charge in [0, 0.05) is 25.0 Å². The number of aromatic nitrogens is 2. The van der Waals surface area contributed by atoms with E-state index >= 15 is 0 Å². The highest BCUT2D eigenvalue weighted by Crippen LogP contribution is 2.43. The fourth-order valence-electron chi connectivity index (χ4n) is 7.87. The first kappa shape index (κ1) is 53.9. The van der Waals surface area contributed by atoms with Gasteiger partial charge in [-0.05, 0) is 68.1 Å². The molecule has 1 saturated heterocycles. The Bertz CT molecular complexity index is 1400.